The third kappa shape index (κ3) is 5.18. The molecule has 0 saturated heterocycles. The highest BCUT2D eigenvalue weighted by Crippen LogP contribution is 2.32. The first-order valence-electron chi connectivity index (χ1n) is 6.92. The van der Waals surface area contributed by atoms with E-state index >= 15 is 0 Å². The molecule has 1 atom stereocenters. The van der Waals surface area contributed by atoms with E-state index in [0.29, 0.717) is 44.2 Å². The van der Waals surface area contributed by atoms with Crippen LogP contribution in [-0.4, -0.2) is 51.8 Å². The standard InChI is InChI=1S/C14H21NO5S/c1-21(17,18)8-2-5-15-10-12(16)11-3-4-13-14(9-11)20-7-6-19-13/h3-4,9,12,15-16H,2,5-8,10H2,1H3. The van der Waals surface area contributed by atoms with Crippen molar-refractivity contribution in [1.29, 1.82) is 0 Å². The zero-order valence-electron chi connectivity index (χ0n) is 12.0. The average Bonchev–Trinajstić information content (AvgIpc) is 2.45. The van der Waals surface area contributed by atoms with Gasteiger partial charge in [0.2, 0.25) is 0 Å². The smallest absolute Gasteiger partial charge is 0.161 e. The lowest BCUT2D eigenvalue weighted by Gasteiger charge is -2.20. The second-order valence-corrected chi connectivity index (χ2v) is 7.37. The quantitative estimate of drug-likeness (QED) is 0.714. The van der Waals surface area contributed by atoms with Crippen molar-refractivity contribution >= 4 is 9.84 Å². The van der Waals surface area contributed by atoms with Gasteiger partial charge in [0.15, 0.2) is 11.5 Å². The summed E-state index contributed by atoms with van der Waals surface area (Å²) in [4.78, 5) is 0. The van der Waals surface area contributed by atoms with Crippen molar-refractivity contribution in [3.8, 4) is 11.5 Å². The van der Waals surface area contributed by atoms with Gasteiger partial charge in [0.1, 0.15) is 23.1 Å². The van der Waals surface area contributed by atoms with Gasteiger partial charge in [0.25, 0.3) is 0 Å². The number of sulfone groups is 1. The third-order valence-electron chi connectivity index (χ3n) is 3.16. The van der Waals surface area contributed by atoms with E-state index < -0.39 is 15.9 Å². The Morgan fingerprint density at radius 2 is 2.00 bits per heavy atom. The Kier molecular flexibility index (Phi) is 5.44. The minimum atomic E-state index is -2.92. The molecule has 0 aromatic heterocycles. The van der Waals surface area contributed by atoms with E-state index in [1.54, 1.807) is 18.2 Å². The van der Waals surface area contributed by atoms with E-state index in [-0.39, 0.29) is 5.75 Å². The van der Waals surface area contributed by atoms with Gasteiger partial charge in [-0.1, -0.05) is 6.07 Å². The van der Waals surface area contributed by atoms with Crippen LogP contribution in [0.3, 0.4) is 0 Å². The maximum atomic E-state index is 11.0. The lowest BCUT2D eigenvalue weighted by molar-refractivity contribution is 0.163. The molecular weight excluding hydrogens is 294 g/mol. The summed E-state index contributed by atoms with van der Waals surface area (Å²) in [5.41, 5.74) is 0.745. The van der Waals surface area contributed by atoms with Crippen molar-refractivity contribution in [2.75, 3.05) is 38.3 Å². The number of rotatable bonds is 7. The lowest BCUT2D eigenvalue weighted by Crippen LogP contribution is -2.24. The maximum absolute atomic E-state index is 11.0. The number of hydrogen-bond donors (Lipinski definition) is 2. The summed E-state index contributed by atoms with van der Waals surface area (Å²) >= 11 is 0. The fourth-order valence-corrected chi connectivity index (χ4v) is 2.75. The minimum absolute atomic E-state index is 0.153. The van der Waals surface area contributed by atoms with E-state index in [1.807, 2.05) is 0 Å². The number of ether oxygens (including phenoxy) is 2. The summed E-state index contributed by atoms with van der Waals surface area (Å²) in [6.07, 6.45) is 1.09. The molecule has 1 unspecified atom stereocenters. The summed E-state index contributed by atoms with van der Waals surface area (Å²) in [5, 5.41) is 13.2. The SMILES string of the molecule is CS(=O)(=O)CCCNCC(O)c1ccc2c(c1)OCCO2. The van der Waals surface area contributed by atoms with Gasteiger partial charge in [-0.15, -0.1) is 0 Å². The number of aliphatic hydroxyl groups excluding tert-OH is 1. The highest BCUT2D eigenvalue weighted by atomic mass is 32.2. The maximum Gasteiger partial charge on any atom is 0.161 e. The van der Waals surface area contributed by atoms with Crippen LogP contribution in [-0.2, 0) is 9.84 Å². The Labute approximate surface area is 125 Å². The van der Waals surface area contributed by atoms with Crippen LogP contribution in [0.15, 0.2) is 18.2 Å². The second kappa shape index (κ2) is 7.11. The zero-order valence-corrected chi connectivity index (χ0v) is 12.9. The fourth-order valence-electron chi connectivity index (χ4n) is 2.08. The van der Waals surface area contributed by atoms with Crippen molar-refractivity contribution < 1.29 is 23.0 Å². The average molecular weight is 315 g/mol. The van der Waals surface area contributed by atoms with Gasteiger partial charge in [-0.05, 0) is 30.7 Å². The van der Waals surface area contributed by atoms with Gasteiger partial charge >= 0.3 is 0 Å². The lowest BCUT2D eigenvalue weighted by atomic mass is 10.1. The minimum Gasteiger partial charge on any atom is -0.486 e. The highest BCUT2D eigenvalue weighted by molar-refractivity contribution is 7.90. The molecule has 118 valence electrons. The molecule has 2 rings (SSSR count). The molecule has 0 saturated carbocycles. The molecule has 2 N–H and O–H groups in total. The molecule has 7 heteroatoms. The topological polar surface area (TPSA) is 84.9 Å². The van der Waals surface area contributed by atoms with E-state index in [9.17, 15) is 13.5 Å². The molecule has 0 amide bonds. The van der Waals surface area contributed by atoms with Crippen LogP contribution in [0.1, 0.15) is 18.1 Å². The van der Waals surface area contributed by atoms with Crippen LogP contribution in [0, 0.1) is 0 Å². The largest absolute Gasteiger partial charge is 0.486 e. The second-order valence-electron chi connectivity index (χ2n) is 5.11. The Balaban J connectivity index is 1.79. The van der Waals surface area contributed by atoms with Crippen LogP contribution >= 0.6 is 0 Å². The monoisotopic (exact) mass is 315 g/mol. The highest BCUT2D eigenvalue weighted by Gasteiger charge is 2.15. The van der Waals surface area contributed by atoms with Crippen molar-refractivity contribution in [2.45, 2.75) is 12.5 Å². The molecule has 1 heterocycles. The number of aliphatic hydroxyl groups is 1. The zero-order chi connectivity index (χ0) is 15.3. The van der Waals surface area contributed by atoms with Gasteiger partial charge in [-0.2, -0.15) is 0 Å². The summed E-state index contributed by atoms with van der Waals surface area (Å²) in [6, 6.07) is 5.37. The molecule has 0 fully saturated rings. The number of benzene rings is 1. The molecule has 0 radical (unpaired) electrons. The Morgan fingerprint density at radius 1 is 1.29 bits per heavy atom. The molecule has 1 aromatic rings. The fraction of sp³-hybridized carbons (Fsp3) is 0.571. The van der Waals surface area contributed by atoms with Crippen LogP contribution in [0.25, 0.3) is 0 Å². The molecule has 21 heavy (non-hydrogen) atoms. The first-order valence-corrected chi connectivity index (χ1v) is 8.98. The Morgan fingerprint density at radius 3 is 2.71 bits per heavy atom. The normalized spacial score (nSPS) is 15.7. The predicted molar refractivity (Wildman–Crippen MR) is 79.6 cm³/mol. The third-order valence-corrected chi connectivity index (χ3v) is 4.19. The molecule has 0 spiro atoms. The first-order chi connectivity index (χ1) is 9.96. The summed E-state index contributed by atoms with van der Waals surface area (Å²) < 4.78 is 32.9. The number of fused-ring (bicyclic) bond motifs is 1. The molecular formula is C14H21NO5S. The Bertz CT molecular complexity index is 573. The number of hydrogen-bond acceptors (Lipinski definition) is 6. The van der Waals surface area contributed by atoms with E-state index in [2.05, 4.69) is 5.32 Å². The summed E-state index contributed by atoms with van der Waals surface area (Å²) in [7, 11) is -2.92. The van der Waals surface area contributed by atoms with Crippen molar-refractivity contribution in [1.82, 2.24) is 5.32 Å². The van der Waals surface area contributed by atoms with E-state index in [0.717, 1.165) is 5.56 Å². The van der Waals surface area contributed by atoms with Gasteiger partial charge in [0.05, 0.1) is 11.9 Å². The molecule has 6 nitrogen and oxygen atoms in total. The molecule has 1 aliphatic rings. The first kappa shape index (κ1) is 16.1. The van der Waals surface area contributed by atoms with Crippen LogP contribution in [0.5, 0.6) is 11.5 Å². The molecule has 1 aromatic carbocycles. The van der Waals surface area contributed by atoms with Gasteiger partial charge < -0.3 is 19.9 Å². The summed E-state index contributed by atoms with van der Waals surface area (Å²) in [6.45, 7) is 1.96. The van der Waals surface area contributed by atoms with Gasteiger partial charge in [-0.3, -0.25) is 0 Å². The van der Waals surface area contributed by atoms with Crippen molar-refractivity contribution in [3.05, 3.63) is 23.8 Å². The van der Waals surface area contributed by atoms with Crippen molar-refractivity contribution in [3.63, 3.8) is 0 Å². The van der Waals surface area contributed by atoms with Crippen molar-refractivity contribution in [2.24, 2.45) is 0 Å². The number of nitrogens with one attached hydrogen (secondary N) is 1. The van der Waals surface area contributed by atoms with Crippen LogP contribution in [0.2, 0.25) is 0 Å². The van der Waals surface area contributed by atoms with Gasteiger partial charge in [-0.25, -0.2) is 8.42 Å². The summed E-state index contributed by atoms with van der Waals surface area (Å²) in [5.74, 6) is 1.49. The molecule has 0 bridgehead atoms. The molecule has 0 aliphatic carbocycles. The van der Waals surface area contributed by atoms with Gasteiger partial charge in [0, 0.05) is 12.8 Å². The predicted octanol–water partition coefficient (Wildman–Crippen LogP) is 0.516. The van der Waals surface area contributed by atoms with E-state index in [1.165, 1.54) is 6.26 Å². The molecule has 1 aliphatic heterocycles. The van der Waals surface area contributed by atoms with Crippen LogP contribution < -0.4 is 14.8 Å². The van der Waals surface area contributed by atoms with Crippen LogP contribution in [0.4, 0.5) is 0 Å². The Hall–Kier alpha value is -1.31. The van der Waals surface area contributed by atoms with E-state index in [4.69, 9.17) is 9.47 Å².